The number of aromatic nitrogens is 2. The molecule has 0 amide bonds. The van der Waals surface area contributed by atoms with Crippen LogP contribution in [0.1, 0.15) is 49.4 Å². The number of nitrogens with zero attached hydrogens (tertiary/aromatic N) is 2. The van der Waals surface area contributed by atoms with Crippen LogP contribution in [0, 0.1) is 18.6 Å². The van der Waals surface area contributed by atoms with Gasteiger partial charge in [0.2, 0.25) is 0 Å². The highest BCUT2D eigenvalue weighted by Crippen LogP contribution is 2.40. The quantitative estimate of drug-likeness (QED) is 0.864. The van der Waals surface area contributed by atoms with Gasteiger partial charge < -0.3 is 5.32 Å². The molecule has 2 aliphatic carbocycles. The minimum absolute atomic E-state index is 0.176. The Morgan fingerprint density at radius 1 is 1.12 bits per heavy atom. The monoisotopic (exact) mass is 349 g/mol. The molecule has 134 valence electrons. The zero-order valence-corrected chi connectivity index (χ0v) is 14.2. The second-order valence-corrected chi connectivity index (χ2v) is 7.24. The fourth-order valence-corrected chi connectivity index (χ4v) is 3.71. The Morgan fingerprint density at radius 3 is 2.44 bits per heavy atom. The lowest BCUT2D eigenvalue weighted by atomic mass is 10.1. The maximum atomic E-state index is 13.7. The van der Waals surface area contributed by atoms with Gasteiger partial charge in [0.15, 0.2) is 0 Å². The minimum Gasteiger partial charge on any atom is -0.308 e. The number of alkyl halides is 1. The third kappa shape index (κ3) is 3.45. The lowest BCUT2D eigenvalue weighted by molar-refractivity contribution is 0.333. The van der Waals surface area contributed by atoms with E-state index in [0.29, 0.717) is 31.0 Å². The molecule has 0 unspecified atom stereocenters. The first-order valence-corrected chi connectivity index (χ1v) is 8.93. The van der Waals surface area contributed by atoms with Gasteiger partial charge in [0.05, 0.1) is 17.4 Å². The molecule has 0 saturated heterocycles. The van der Waals surface area contributed by atoms with Crippen molar-refractivity contribution in [1.82, 2.24) is 15.1 Å². The topological polar surface area (TPSA) is 29.9 Å². The van der Waals surface area contributed by atoms with E-state index in [9.17, 15) is 13.2 Å². The molecule has 0 aliphatic heterocycles. The molecule has 0 bridgehead atoms. The zero-order chi connectivity index (χ0) is 17.6. The van der Waals surface area contributed by atoms with E-state index in [0.717, 1.165) is 42.3 Å². The van der Waals surface area contributed by atoms with E-state index >= 15 is 0 Å². The predicted molar refractivity (Wildman–Crippen MR) is 90.0 cm³/mol. The van der Waals surface area contributed by atoms with Gasteiger partial charge in [-0.15, -0.1) is 0 Å². The van der Waals surface area contributed by atoms with Crippen molar-refractivity contribution in [3.63, 3.8) is 0 Å². The van der Waals surface area contributed by atoms with Crippen LogP contribution in [-0.4, -0.2) is 22.0 Å². The summed E-state index contributed by atoms with van der Waals surface area (Å²) in [4.78, 5) is 0. The van der Waals surface area contributed by atoms with Crippen LogP contribution < -0.4 is 5.32 Å². The molecule has 25 heavy (non-hydrogen) atoms. The van der Waals surface area contributed by atoms with E-state index in [1.165, 1.54) is 12.1 Å². The third-order valence-corrected chi connectivity index (χ3v) is 5.20. The fraction of sp³-hybridized carbons (Fsp3) is 0.526. The van der Waals surface area contributed by atoms with Crippen LogP contribution in [0.3, 0.4) is 0 Å². The van der Waals surface area contributed by atoms with Crippen LogP contribution in [0.2, 0.25) is 0 Å². The van der Waals surface area contributed by atoms with Gasteiger partial charge in [0, 0.05) is 24.2 Å². The summed E-state index contributed by atoms with van der Waals surface area (Å²) < 4.78 is 42.6. The second-order valence-electron chi connectivity index (χ2n) is 7.24. The molecule has 3 nitrogen and oxygen atoms in total. The SMILES string of the molecule is Cc1c(CN[C@H]2CC[C@@H](F)C2)nn(C2CC2)c1-c1cc(F)cc(F)c1. The van der Waals surface area contributed by atoms with Gasteiger partial charge in [0.25, 0.3) is 0 Å². The molecule has 2 aliphatic rings. The van der Waals surface area contributed by atoms with Gasteiger partial charge in [-0.3, -0.25) is 4.68 Å². The van der Waals surface area contributed by atoms with Gasteiger partial charge in [-0.25, -0.2) is 13.2 Å². The van der Waals surface area contributed by atoms with Crippen molar-refractivity contribution in [3.05, 3.63) is 41.1 Å². The molecule has 1 N–H and O–H groups in total. The van der Waals surface area contributed by atoms with E-state index in [-0.39, 0.29) is 6.04 Å². The van der Waals surface area contributed by atoms with Crippen molar-refractivity contribution in [3.8, 4) is 11.3 Å². The predicted octanol–water partition coefficient (Wildman–Crippen LogP) is 4.45. The van der Waals surface area contributed by atoms with Crippen LogP contribution in [0.5, 0.6) is 0 Å². The van der Waals surface area contributed by atoms with Crippen molar-refractivity contribution < 1.29 is 13.2 Å². The van der Waals surface area contributed by atoms with Gasteiger partial charge >= 0.3 is 0 Å². The third-order valence-electron chi connectivity index (χ3n) is 5.20. The van der Waals surface area contributed by atoms with E-state index in [2.05, 4.69) is 5.32 Å². The first-order chi connectivity index (χ1) is 12.0. The fourth-order valence-electron chi connectivity index (χ4n) is 3.71. The van der Waals surface area contributed by atoms with Gasteiger partial charge in [-0.2, -0.15) is 5.10 Å². The smallest absolute Gasteiger partial charge is 0.126 e. The number of nitrogens with one attached hydrogen (secondary N) is 1. The Balaban J connectivity index is 1.63. The molecule has 0 radical (unpaired) electrons. The van der Waals surface area contributed by atoms with Crippen molar-refractivity contribution in [2.75, 3.05) is 0 Å². The molecule has 2 fully saturated rings. The van der Waals surface area contributed by atoms with Crippen LogP contribution in [0.4, 0.5) is 13.2 Å². The Morgan fingerprint density at radius 2 is 1.84 bits per heavy atom. The second kappa shape index (κ2) is 6.48. The summed E-state index contributed by atoms with van der Waals surface area (Å²) in [7, 11) is 0. The normalized spacial score (nSPS) is 23.4. The summed E-state index contributed by atoms with van der Waals surface area (Å²) in [6, 6.07) is 4.07. The summed E-state index contributed by atoms with van der Waals surface area (Å²) in [5, 5.41) is 8.08. The molecule has 6 heteroatoms. The average molecular weight is 349 g/mol. The standard InChI is InChI=1S/C19H22F3N3/c1-11-18(10-23-16-3-2-13(20)9-16)24-25(17-4-5-17)19(11)12-6-14(21)8-15(22)7-12/h6-8,13,16-17,23H,2-5,9-10H2,1H3/t13-,16+/m1/s1. The molecule has 1 aromatic heterocycles. The average Bonchev–Trinajstić information content (AvgIpc) is 3.23. The Kier molecular flexibility index (Phi) is 4.31. The first-order valence-electron chi connectivity index (χ1n) is 8.93. The number of hydrogen-bond acceptors (Lipinski definition) is 2. The van der Waals surface area contributed by atoms with Crippen molar-refractivity contribution in [2.24, 2.45) is 0 Å². The van der Waals surface area contributed by atoms with Gasteiger partial charge in [-0.1, -0.05) is 0 Å². The number of rotatable bonds is 5. The van der Waals surface area contributed by atoms with Gasteiger partial charge in [0.1, 0.15) is 17.8 Å². The summed E-state index contributed by atoms with van der Waals surface area (Å²) in [6.45, 7) is 2.49. The van der Waals surface area contributed by atoms with Gasteiger partial charge in [-0.05, 0) is 56.7 Å². The molecule has 4 rings (SSSR count). The zero-order valence-electron chi connectivity index (χ0n) is 14.2. The molecular weight excluding hydrogens is 327 g/mol. The van der Waals surface area contributed by atoms with Crippen LogP contribution in [0.25, 0.3) is 11.3 Å². The van der Waals surface area contributed by atoms with E-state index in [4.69, 9.17) is 5.10 Å². The maximum absolute atomic E-state index is 13.7. The van der Waals surface area contributed by atoms with E-state index in [1.54, 1.807) is 0 Å². The Hall–Kier alpha value is -1.82. The van der Waals surface area contributed by atoms with Crippen molar-refractivity contribution in [1.29, 1.82) is 0 Å². The van der Waals surface area contributed by atoms with Crippen molar-refractivity contribution >= 4 is 0 Å². The summed E-state index contributed by atoms with van der Waals surface area (Å²) >= 11 is 0. The highest BCUT2D eigenvalue weighted by molar-refractivity contribution is 5.65. The summed E-state index contributed by atoms with van der Waals surface area (Å²) in [5.74, 6) is -1.17. The lowest BCUT2D eigenvalue weighted by Crippen LogP contribution is -2.26. The van der Waals surface area contributed by atoms with Crippen LogP contribution in [-0.2, 0) is 6.54 Å². The summed E-state index contributed by atoms with van der Waals surface area (Å²) in [6.07, 6.45) is 3.35. The molecule has 1 heterocycles. The number of benzene rings is 1. The molecule has 2 atom stereocenters. The van der Waals surface area contributed by atoms with E-state index < -0.39 is 17.8 Å². The highest BCUT2D eigenvalue weighted by atomic mass is 19.1. The first kappa shape index (κ1) is 16.6. The Bertz CT molecular complexity index is 762. The van der Waals surface area contributed by atoms with Crippen molar-refractivity contribution in [2.45, 2.75) is 63.8 Å². The molecule has 1 aromatic carbocycles. The molecule has 2 saturated carbocycles. The Labute approximate surface area is 145 Å². The number of hydrogen-bond donors (Lipinski definition) is 1. The lowest BCUT2D eigenvalue weighted by Gasteiger charge is -2.10. The minimum atomic E-state index is -0.714. The maximum Gasteiger partial charge on any atom is 0.126 e. The molecule has 0 spiro atoms. The molecular formula is C19H22F3N3. The van der Waals surface area contributed by atoms with Crippen LogP contribution >= 0.6 is 0 Å². The summed E-state index contributed by atoms with van der Waals surface area (Å²) in [5.41, 5.74) is 3.10. The molecule has 2 aromatic rings. The highest BCUT2D eigenvalue weighted by Gasteiger charge is 2.30. The largest absolute Gasteiger partial charge is 0.308 e. The number of halogens is 3. The van der Waals surface area contributed by atoms with E-state index in [1.807, 2.05) is 11.6 Å². The van der Waals surface area contributed by atoms with Crippen LogP contribution in [0.15, 0.2) is 18.2 Å².